The molecule has 1 heterocycles. The highest BCUT2D eigenvalue weighted by atomic mass is 19.1. The van der Waals surface area contributed by atoms with Crippen LogP contribution in [-0.2, 0) is 0 Å². The number of carboxylic acids is 1. The van der Waals surface area contributed by atoms with Crippen molar-refractivity contribution in [2.24, 2.45) is 0 Å². The van der Waals surface area contributed by atoms with Crippen LogP contribution < -0.4 is 0 Å². The zero-order valence-corrected chi connectivity index (χ0v) is 10.4. The van der Waals surface area contributed by atoms with Crippen LogP contribution in [0.4, 0.5) is 4.39 Å². The lowest BCUT2D eigenvalue weighted by Gasteiger charge is -2.08. The van der Waals surface area contributed by atoms with Crippen molar-refractivity contribution in [3.05, 3.63) is 66.2 Å². The molecule has 3 rings (SSSR count). The van der Waals surface area contributed by atoms with E-state index >= 15 is 0 Å². The molecule has 0 fully saturated rings. The fraction of sp³-hybridized carbons (Fsp3) is 0. The Morgan fingerprint density at radius 2 is 1.95 bits per heavy atom. The van der Waals surface area contributed by atoms with Crippen LogP contribution >= 0.6 is 0 Å². The smallest absolute Gasteiger partial charge is 0.335 e. The molecule has 0 aliphatic carbocycles. The van der Waals surface area contributed by atoms with Gasteiger partial charge in [0, 0.05) is 23.3 Å². The molecule has 1 aromatic heterocycles. The van der Waals surface area contributed by atoms with Crippen molar-refractivity contribution in [1.29, 1.82) is 0 Å². The van der Waals surface area contributed by atoms with Gasteiger partial charge in [-0.05, 0) is 29.1 Å². The standard InChI is InChI=1S/C16H10FNO2/c17-15-8-11(16(19)20)4-5-13(15)12-3-1-2-10-6-7-18-9-14(10)12/h1-9H,(H,19,20). The summed E-state index contributed by atoms with van der Waals surface area (Å²) < 4.78 is 14.1. The molecular weight excluding hydrogens is 257 g/mol. The maximum absolute atomic E-state index is 14.1. The highest BCUT2D eigenvalue weighted by molar-refractivity contribution is 5.97. The summed E-state index contributed by atoms with van der Waals surface area (Å²) >= 11 is 0. The normalized spacial score (nSPS) is 10.7. The van der Waals surface area contributed by atoms with Crippen LogP contribution in [0.15, 0.2) is 54.9 Å². The Morgan fingerprint density at radius 3 is 2.70 bits per heavy atom. The molecule has 0 amide bonds. The first-order chi connectivity index (χ1) is 9.66. The lowest BCUT2D eigenvalue weighted by Crippen LogP contribution is -1.97. The number of aromatic nitrogens is 1. The second-order valence-electron chi connectivity index (χ2n) is 4.40. The maximum atomic E-state index is 14.1. The van der Waals surface area contributed by atoms with Gasteiger partial charge in [-0.15, -0.1) is 0 Å². The Morgan fingerprint density at radius 1 is 1.10 bits per heavy atom. The third-order valence-corrected chi connectivity index (χ3v) is 3.19. The quantitative estimate of drug-likeness (QED) is 0.769. The second-order valence-corrected chi connectivity index (χ2v) is 4.40. The van der Waals surface area contributed by atoms with Crippen molar-refractivity contribution in [1.82, 2.24) is 4.98 Å². The first-order valence-electron chi connectivity index (χ1n) is 6.03. The molecule has 0 unspecified atom stereocenters. The lowest BCUT2D eigenvalue weighted by atomic mass is 9.98. The van der Waals surface area contributed by atoms with Crippen molar-refractivity contribution < 1.29 is 14.3 Å². The van der Waals surface area contributed by atoms with Gasteiger partial charge >= 0.3 is 5.97 Å². The van der Waals surface area contributed by atoms with Gasteiger partial charge in [-0.3, -0.25) is 4.98 Å². The fourth-order valence-corrected chi connectivity index (χ4v) is 2.21. The number of benzene rings is 2. The monoisotopic (exact) mass is 267 g/mol. The average molecular weight is 267 g/mol. The van der Waals surface area contributed by atoms with Gasteiger partial charge in [0.1, 0.15) is 5.82 Å². The second kappa shape index (κ2) is 4.74. The van der Waals surface area contributed by atoms with Gasteiger partial charge in [0.15, 0.2) is 0 Å². The summed E-state index contributed by atoms with van der Waals surface area (Å²) in [6.07, 6.45) is 3.35. The first kappa shape index (κ1) is 12.3. The predicted molar refractivity (Wildman–Crippen MR) is 74.1 cm³/mol. The summed E-state index contributed by atoms with van der Waals surface area (Å²) in [5, 5.41) is 10.7. The zero-order valence-electron chi connectivity index (χ0n) is 10.4. The van der Waals surface area contributed by atoms with Gasteiger partial charge in [-0.1, -0.05) is 24.3 Å². The largest absolute Gasteiger partial charge is 0.478 e. The van der Waals surface area contributed by atoms with Gasteiger partial charge in [-0.2, -0.15) is 0 Å². The van der Waals surface area contributed by atoms with E-state index in [9.17, 15) is 9.18 Å². The van der Waals surface area contributed by atoms with Gasteiger partial charge in [0.25, 0.3) is 0 Å². The van der Waals surface area contributed by atoms with Crippen molar-refractivity contribution in [2.75, 3.05) is 0 Å². The summed E-state index contributed by atoms with van der Waals surface area (Å²) in [7, 11) is 0. The lowest BCUT2D eigenvalue weighted by molar-refractivity contribution is 0.0696. The molecule has 0 aliphatic heterocycles. The van der Waals surface area contributed by atoms with Crippen molar-refractivity contribution in [3.8, 4) is 11.1 Å². The fourth-order valence-electron chi connectivity index (χ4n) is 2.21. The Labute approximate surface area is 114 Å². The number of halogens is 1. The molecule has 98 valence electrons. The van der Waals surface area contributed by atoms with E-state index in [4.69, 9.17) is 5.11 Å². The van der Waals surface area contributed by atoms with E-state index in [0.717, 1.165) is 16.8 Å². The van der Waals surface area contributed by atoms with Gasteiger partial charge < -0.3 is 5.11 Å². The average Bonchev–Trinajstić information content (AvgIpc) is 2.46. The summed E-state index contributed by atoms with van der Waals surface area (Å²) in [4.78, 5) is 14.9. The van der Waals surface area contributed by atoms with E-state index in [0.29, 0.717) is 11.1 Å². The number of carboxylic acid groups (broad SMARTS) is 1. The molecule has 0 aliphatic rings. The maximum Gasteiger partial charge on any atom is 0.335 e. The SMILES string of the molecule is O=C(O)c1ccc(-c2cccc3ccncc23)c(F)c1. The number of hydrogen-bond donors (Lipinski definition) is 1. The van der Waals surface area contributed by atoms with E-state index < -0.39 is 11.8 Å². The van der Waals surface area contributed by atoms with Crippen LogP contribution in [0.5, 0.6) is 0 Å². The molecular formula is C16H10FNO2. The number of pyridine rings is 1. The minimum Gasteiger partial charge on any atom is -0.478 e. The molecule has 2 aromatic carbocycles. The molecule has 0 bridgehead atoms. The van der Waals surface area contributed by atoms with Crippen molar-refractivity contribution in [3.63, 3.8) is 0 Å². The molecule has 0 radical (unpaired) electrons. The minimum atomic E-state index is -1.14. The van der Waals surface area contributed by atoms with Gasteiger partial charge in [0.2, 0.25) is 0 Å². The van der Waals surface area contributed by atoms with E-state index in [1.165, 1.54) is 12.1 Å². The highest BCUT2D eigenvalue weighted by Crippen LogP contribution is 2.30. The Hall–Kier alpha value is -2.75. The van der Waals surface area contributed by atoms with Crippen LogP contribution in [0.25, 0.3) is 21.9 Å². The summed E-state index contributed by atoms with van der Waals surface area (Å²) in [6.45, 7) is 0. The Kier molecular flexibility index (Phi) is 2.91. The predicted octanol–water partition coefficient (Wildman–Crippen LogP) is 3.74. The van der Waals surface area contributed by atoms with Crippen LogP contribution in [0.3, 0.4) is 0 Å². The molecule has 4 heteroatoms. The third-order valence-electron chi connectivity index (χ3n) is 3.19. The molecule has 0 saturated heterocycles. The van der Waals surface area contributed by atoms with Gasteiger partial charge in [0.05, 0.1) is 5.56 Å². The van der Waals surface area contributed by atoms with Crippen LogP contribution in [0.1, 0.15) is 10.4 Å². The van der Waals surface area contributed by atoms with E-state index in [2.05, 4.69) is 4.98 Å². The van der Waals surface area contributed by atoms with Crippen LogP contribution in [-0.4, -0.2) is 16.1 Å². The van der Waals surface area contributed by atoms with Crippen molar-refractivity contribution in [2.45, 2.75) is 0 Å². The highest BCUT2D eigenvalue weighted by Gasteiger charge is 2.12. The van der Waals surface area contributed by atoms with Crippen molar-refractivity contribution >= 4 is 16.7 Å². The third kappa shape index (κ3) is 2.01. The van der Waals surface area contributed by atoms with Crippen LogP contribution in [0, 0.1) is 5.82 Å². The van der Waals surface area contributed by atoms with E-state index in [1.807, 2.05) is 18.2 Å². The zero-order chi connectivity index (χ0) is 14.1. The van der Waals surface area contributed by atoms with E-state index in [-0.39, 0.29) is 5.56 Å². The van der Waals surface area contributed by atoms with Crippen LogP contribution in [0.2, 0.25) is 0 Å². The molecule has 1 N–H and O–H groups in total. The molecule has 3 aromatic rings. The Bertz CT molecular complexity index is 809. The Balaban J connectivity index is 2.23. The van der Waals surface area contributed by atoms with E-state index in [1.54, 1.807) is 18.5 Å². The number of nitrogens with zero attached hydrogens (tertiary/aromatic N) is 1. The summed E-state index contributed by atoms with van der Waals surface area (Å²) in [5.41, 5.74) is 1.00. The van der Waals surface area contributed by atoms with Gasteiger partial charge in [-0.25, -0.2) is 9.18 Å². The summed E-state index contributed by atoms with van der Waals surface area (Å²) in [5.74, 6) is -1.70. The first-order valence-corrected chi connectivity index (χ1v) is 6.03. The molecule has 0 atom stereocenters. The summed E-state index contributed by atoms with van der Waals surface area (Å²) in [6, 6.07) is 11.3. The molecule has 20 heavy (non-hydrogen) atoms. The number of fused-ring (bicyclic) bond motifs is 1. The topological polar surface area (TPSA) is 50.2 Å². The molecule has 0 saturated carbocycles. The number of hydrogen-bond acceptors (Lipinski definition) is 2. The number of rotatable bonds is 2. The number of carbonyl (C=O) groups is 1. The molecule has 0 spiro atoms. The minimum absolute atomic E-state index is 0.0652. The molecule has 3 nitrogen and oxygen atoms in total. The number of aromatic carboxylic acids is 1.